The number of anilines is 3. The van der Waals surface area contributed by atoms with Crippen molar-refractivity contribution >= 4 is 114 Å². The van der Waals surface area contributed by atoms with Crippen LogP contribution in [0.15, 0.2) is 168 Å². The zero-order valence-electron chi connectivity index (χ0n) is 26.4. The Morgan fingerprint density at radius 3 is 1.86 bits per heavy atom. The summed E-state index contributed by atoms with van der Waals surface area (Å²) in [6, 6.07) is 59.8. The first kappa shape index (κ1) is 26.9. The van der Waals surface area contributed by atoms with E-state index in [0.717, 1.165) is 39.0 Å². The molecule has 2 aromatic heterocycles. The summed E-state index contributed by atoms with van der Waals surface area (Å²) >= 11 is 1.85. The first-order chi connectivity index (χ1) is 24.3. The highest BCUT2D eigenvalue weighted by Gasteiger charge is 2.21. The van der Waals surface area contributed by atoms with Crippen LogP contribution in [-0.4, -0.2) is 0 Å². The van der Waals surface area contributed by atoms with E-state index < -0.39 is 0 Å². The molecule has 0 bridgehead atoms. The van der Waals surface area contributed by atoms with Crippen LogP contribution in [0.1, 0.15) is 0 Å². The number of hydrogen-bond acceptors (Lipinski definition) is 3. The molecule has 0 atom stereocenters. The SMILES string of the molecule is c1ccc2c(c1)ccc1ccc3c(N(c4ccc5oc6ccccc6c5c4)c4ccc5sc6ccccc6c5c4)cc4ccccc4c3c12. The van der Waals surface area contributed by atoms with Crippen LogP contribution in [-0.2, 0) is 0 Å². The number of fused-ring (bicyclic) bond motifs is 13. The Morgan fingerprint density at radius 2 is 0.980 bits per heavy atom. The fraction of sp³-hybridized carbons (Fsp3) is 0. The standard InChI is InChI=1S/C46H27NOS/c1-3-11-33-28(9-1)17-18-29-19-22-37-40(25-30-10-2-4-12-34(30)46(37)45(29)33)47(31-20-23-42-38(26-31)35-13-5-7-15-41(35)48-42)32-21-24-44-39(27-32)36-14-6-8-16-43(36)49-44/h1-27H. The molecule has 0 aliphatic heterocycles. The van der Waals surface area contributed by atoms with E-state index >= 15 is 0 Å². The van der Waals surface area contributed by atoms with Gasteiger partial charge >= 0.3 is 0 Å². The highest BCUT2D eigenvalue weighted by atomic mass is 32.1. The fourth-order valence-electron chi connectivity index (χ4n) is 7.98. The van der Waals surface area contributed by atoms with Crippen LogP contribution in [0.4, 0.5) is 17.1 Å². The summed E-state index contributed by atoms with van der Waals surface area (Å²) in [7, 11) is 0. The van der Waals surface area contributed by atoms with E-state index in [-0.39, 0.29) is 0 Å². The lowest BCUT2D eigenvalue weighted by atomic mass is 9.91. The number of para-hydroxylation sites is 1. The number of benzene rings is 9. The van der Waals surface area contributed by atoms with Crippen molar-refractivity contribution in [3.05, 3.63) is 164 Å². The third-order valence-electron chi connectivity index (χ3n) is 10.2. The number of thiophene rings is 1. The van der Waals surface area contributed by atoms with Crippen molar-refractivity contribution in [2.75, 3.05) is 4.90 Å². The molecule has 3 heteroatoms. The average molecular weight is 642 g/mol. The average Bonchev–Trinajstić information content (AvgIpc) is 3.72. The fourth-order valence-corrected chi connectivity index (χ4v) is 9.07. The number of nitrogens with zero attached hydrogens (tertiary/aromatic N) is 1. The number of hydrogen-bond donors (Lipinski definition) is 0. The quantitative estimate of drug-likeness (QED) is 0.179. The van der Waals surface area contributed by atoms with Gasteiger partial charge in [0.25, 0.3) is 0 Å². The minimum atomic E-state index is 0.894. The van der Waals surface area contributed by atoms with Gasteiger partial charge in [-0.05, 0) is 86.9 Å². The van der Waals surface area contributed by atoms with Crippen LogP contribution in [0.5, 0.6) is 0 Å². The number of rotatable bonds is 3. The predicted molar refractivity (Wildman–Crippen MR) is 211 cm³/mol. The van der Waals surface area contributed by atoms with Gasteiger partial charge in [-0.3, -0.25) is 0 Å². The molecule has 2 heterocycles. The molecule has 0 radical (unpaired) electrons. The van der Waals surface area contributed by atoms with Crippen LogP contribution in [0.3, 0.4) is 0 Å². The summed E-state index contributed by atoms with van der Waals surface area (Å²) in [5.74, 6) is 0. The van der Waals surface area contributed by atoms with Gasteiger partial charge in [0.1, 0.15) is 11.2 Å². The van der Waals surface area contributed by atoms with Crippen LogP contribution in [0.2, 0.25) is 0 Å². The summed E-state index contributed by atoms with van der Waals surface area (Å²) in [4.78, 5) is 2.46. The molecular weight excluding hydrogens is 615 g/mol. The highest BCUT2D eigenvalue weighted by Crippen LogP contribution is 2.47. The maximum absolute atomic E-state index is 6.29. The van der Waals surface area contributed by atoms with Crippen LogP contribution in [0, 0.1) is 0 Å². The molecule has 2 nitrogen and oxygen atoms in total. The topological polar surface area (TPSA) is 16.4 Å². The van der Waals surface area contributed by atoms with E-state index in [2.05, 4.69) is 163 Å². The van der Waals surface area contributed by atoms with E-state index in [0.29, 0.717) is 0 Å². The van der Waals surface area contributed by atoms with Crippen LogP contribution < -0.4 is 4.90 Å². The molecule has 0 saturated carbocycles. The van der Waals surface area contributed by atoms with Crippen molar-refractivity contribution in [2.24, 2.45) is 0 Å². The molecule has 0 N–H and O–H groups in total. The second kappa shape index (κ2) is 10.2. The zero-order chi connectivity index (χ0) is 32.1. The largest absolute Gasteiger partial charge is 0.456 e. The molecule has 0 fully saturated rings. The van der Waals surface area contributed by atoms with E-state index in [1.807, 2.05) is 17.4 Å². The molecule has 228 valence electrons. The monoisotopic (exact) mass is 641 g/mol. The second-order valence-electron chi connectivity index (χ2n) is 12.9. The van der Waals surface area contributed by atoms with Gasteiger partial charge in [0.15, 0.2) is 0 Å². The molecule has 0 unspecified atom stereocenters. The number of furan rings is 1. The van der Waals surface area contributed by atoms with Crippen molar-refractivity contribution in [3.8, 4) is 0 Å². The summed E-state index contributed by atoms with van der Waals surface area (Å²) < 4.78 is 8.89. The van der Waals surface area contributed by atoms with E-state index in [1.54, 1.807) is 0 Å². The maximum Gasteiger partial charge on any atom is 0.135 e. The van der Waals surface area contributed by atoms with Crippen LogP contribution in [0.25, 0.3) is 85.2 Å². The zero-order valence-corrected chi connectivity index (χ0v) is 27.2. The van der Waals surface area contributed by atoms with Crippen molar-refractivity contribution in [3.63, 3.8) is 0 Å². The highest BCUT2D eigenvalue weighted by molar-refractivity contribution is 7.25. The lowest BCUT2D eigenvalue weighted by molar-refractivity contribution is 0.669. The predicted octanol–water partition coefficient (Wildman–Crippen LogP) is 14.0. The van der Waals surface area contributed by atoms with Crippen molar-refractivity contribution < 1.29 is 4.42 Å². The van der Waals surface area contributed by atoms with Crippen molar-refractivity contribution in [2.45, 2.75) is 0 Å². The molecule has 0 aliphatic carbocycles. The van der Waals surface area contributed by atoms with Gasteiger partial charge in [0.05, 0.1) is 5.69 Å². The lowest BCUT2D eigenvalue weighted by Gasteiger charge is -2.28. The van der Waals surface area contributed by atoms with Gasteiger partial charge in [0.2, 0.25) is 0 Å². The Morgan fingerprint density at radius 1 is 0.367 bits per heavy atom. The molecule has 11 aromatic rings. The van der Waals surface area contributed by atoms with Crippen molar-refractivity contribution in [1.29, 1.82) is 0 Å². The van der Waals surface area contributed by atoms with E-state index in [9.17, 15) is 0 Å². The molecule has 11 rings (SSSR count). The van der Waals surface area contributed by atoms with Crippen molar-refractivity contribution in [1.82, 2.24) is 0 Å². The third-order valence-corrected chi connectivity index (χ3v) is 11.3. The molecule has 0 spiro atoms. The summed E-state index contributed by atoms with van der Waals surface area (Å²) in [5.41, 5.74) is 5.16. The summed E-state index contributed by atoms with van der Waals surface area (Å²) in [5, 5.41) is 14.9. The van der Waals surface area contributed by atoms with E-state index in [1.165, 1.54) is 63.3 Å². The first-order valence-corrected chi connectivity index (χ1v) is 17.5. The Balaban J connectivity index is 1.29. The molecule has 49 heavy (non-hydrogen) atoms. The summed E-state index contributed by atoms with van der Waals surface area (Å²) in [6.07, 6.45) is 0. The van der Waals surface area contributed by atoms with E-state index in [4.69, 9.17) is 4.42 Å². The van der Waals surface area contributed by atoms with Gasteiger partial charge in [0, 0.05) is 53.1 Å². The summed E-state index contributed by atoms with van der Waals surface area (Å²) in [6.45, 7) is 0. The Labute approximate surface area is 285 Å². The van der Waals surface area contributed by atoms with Gasteiger partial charge < -0.3 is 9.32 Å². The molecule has 0 aliphatic rings. The first-order valence-electron chi connectivity index (χ1n) is 16.7. The van der Waals surface area contributed by atoms with Gasteiger partial charge in [-0.2, -0.15) is 0 Å². The Bertz CT molecular complexity index is 3020. The second-order valence-corrected chi connectivity index (χ2v) is 14.0. The minimum Gasteiger partial charge on any atom is -0.456 e. The van der Waals surface area contributed by atoms with Gasteiger partial charge in [-0.25, -0.2) is 0 Å². The Kier molecular flexibility index (Phi) is 5.57. The minimum absolute atomic E-state index is 0.894. The van der Waals surface area contributed by atoms with Gasteiger partial charge in [-0.15, -0.1) is 11.3 Å². The van der Waals surface area contributed by atoms with Gasteiger partial charge in [-0.1, -0.05) is 109 Å². The third kappa shape index (κ3) is 3.94. The van der Waals surface area contributed by atoms with Crippen LogP contribution >= 0.6 is 11.3 Å². The normalized spacial score (nSPS) is 12.1. The molecule has 0 amide bonds. The lowest BCUT2D eigenvalue weighted by Crippen LogP contribution is -2.10. The molecule has 0 saturated heterocycles. The molecular formula is C46H27NOS. The molecule has 9 aromatic carbocycles. The Hall–Kier alpha value is -6.16. The smallest absolute Gasteiger partial charge is 0.135 e. The maximum atomic E-state index is 6.29.